The molecule has 0 unspecified atom stereocenters. The van der Waals surface area contributed by atoms with Crippen molar-refractivity contribution in [3.8, 4) is 38.3 Å². The lowest BCUT2D eigenvalue weighted by Crippen LogP contribution is -2.07. The quantitative estimate of drug-likeness (QED) is 0.286. The van der Waals surface area contributed by atoms with E-state index in [2.05, 4.69) is 10.1 Å². The monoisotopic (exact) mass is 459 g/mol. The highest BCUT2D eigenvalue weighted by Gasteiger charge is 2.35. The van der Waals surface area contributed by atoms with Crippen LogP contribution in [0.2, 0.25) is 0 Å². The predicted octanol–water partition coefficient (Wildman–Crippen LogP) is 5.62. The van der Waals surface area contributed by atoms with Crippen molar-refractivity contribution in [2.75, 3.05) is 7.11 Å². The third-order valence-corrected chi connectivity index (χ3v) is 5.48. The van der Waals surface area contributed by atoms with Crippen LogP contribution in [0.15, 0.2) is 60.8 Å². The highest BCUT2D eigenvalue weighted by atomic mass is 32.1. The van der Waals surface area contributed by atoms with Crippen LogP contribution < -0.4 is 9.47 Å². The summed E-state index contributed by atoms with van der Waals surface area (Å²) in [6, 6.07) is 14.4. The second-order valence-corrected chi connectivity index (χ2v) is 7.69. The van der Waals surface area contributed by atoms with Crippen molar-refractivity contribution < 1.29 is 27.4 Å². The molecule has 2 aromatic heterocycles. The molecule has 0 radical (unpaired) electrons. The first-order valence-electron chi connectivity index (χ1n) is 9.31. The average Bonchev–Trinajstić information content (AvgIpc) is 3.41. The molecule has 0 amide bonds. The van der Waals surface area contributed by atoms with Gasteiger partial charge in [0.2, 0.25) is 5.13 Å². The van der Waals surface area contributed by atoms with Crippen LogP contribution in [0.5, 0.6) is 11.5 Å². The van der Waals surface area contributed by atoms with Crippen molar-refractivity contribution in [3.05, 3.63) is 66.5 Å². The molecule has 4 aromatic rings. The van der Waals surface area contributed by atoms with Crippen LogP contribution in [-0.2, 0) is 11.0 Å². The smallest absolute Gasteiger partial charge is 0.435 e. The molecule has 2 aromatic carbocycles. The van der Waals surface area contributed by atoms with Gasteiger partial charge in [0.25, 0.3) is 0 Å². The Kier molecular flexibility index (Phi) is 5.70. The molecule has 0 saturated carbocycles. The molecular weight excluding hydrogens is 443 g/mol. The maximum absolute atomic E-state index is 13.4. The van der Waals surface area contributed by atoms with Gasteiger partial charge in [-0.05, 0) is 60.2 Å². The largest absolute Gasteiger partial charge is 0.497 e. The maximum Gasteiger partial charge on any atom is 0.435 e. The van der Waals surface area contributed by atoms with E-state index in [1.54, 1.807) is 54.7 Å². The minimum absolute atomic E-state index is 0.256. The van der Waals surface area contributed by atoms with Crippen LogP contribution in [-0.4, -0.2) is 27.8 Å². The lowest BCUT2D eigenvalue weighted by molar-refractivity contribution is -0.141. The molecule has 0 aliphatic rings. The maximum atomic E-state index is 13.4. The molecule has 0 N–H and O–H groups in total. The van der Waals surface area contributed by atoms with Gasteiger partial charge in [0.15, 0.2) is 5.69 Å². The van der Waals surface area contributed by atoms with E-state index in [1.165, 1.54) is 30.1 Å². The van der Waals surface area contributed by atoms with E-state index in [-0.39, 0.29) is 10.8 Å². The molecule has 10 heteroatoms. The number of nitrogens with zero attached hydrogens (tertiary/aromatic N) is 3. The van der Waals surface area contributed by atoms with Gasteiger partial charge in [-0.15, -0.1) is 0 Å². The molecule has 0 bridgehead atoms. The first-order chi connectivity index (χ1) is 15.2. The van der Waals surface area contributed by atoms with Crippen molar-refractivity contribution >= 4 is 17.3 Å². The number of hydrogen-bond donors (Lipinski definition) is 0. The van der Waals surface area contributed by atoms with E-state index >= 15 is 0 Å². The van der Waals surface area contributed by atoms with Crippen molar-refractivity contribution in [1.29, 1.82) is 0 Å². The molecule has 0 saturated heterocycles. The van der Waals surface area contributed by atoms with E-state index in [0.717, 1.165) is 16.5 Å². The standard InChI is InChI=1S/C22H16F3N3O3S/c1-13(29)31-17-9-5-15(6-10-17)19-12-26-21(32-19)28-18(11-20(27-28)22(23,24)25)14-3-7-16(30-2)8-4-14/h3-12H,1-2H3. The molecular formula is C22H16F3N3O3S. The summed E-state index contributed by atoms with van der Waals surface area (Å²) < 4.78 is 51.5. The van der Waals surface area contributed by atoms with Crippen LogP contribution in [0.25, 0.3) is 26.8 Å². The molecule has 32 heavy (non-hydrogen) atoms. The van der Waals surface area contributed by atoms with Gasteiger partial charge < -0.3 is 9.47 Å². The SMILES string of the molecule is COc1ccc(-c2cc(C(F)(F)F)nn2-c2ncc(-c3ccc(OC(C)=O)cc3)s2)cc1. The minimum Gasteiger partial charge on any atom is -0.497 e. The Morgan fingerprint density at radius 3 is 2.22 bits per heavy atom. The van der Waals surface area contributed by atoms with Gasteiger partial charge in [-0.3, -0.25) is 4.79 Å². The van der Waals surface area contributed by atoms with Crippen LogP contribution >= 0.6 is 11.3 Å². The van der Waals surface area contributed by atoms with Crippen molar-refractivity contribution in [2.24, 2.45) is 0 Å². The van der Waals surface area contributed by atoms with Gasteiger partial charge in [-0.2, -0.15) is 18.3 Å². The summed E-state index contributed by atoms with van der Waals surface area (Å²) in [4.78, 5) is 16.1. The minimum atomic E-state index is -4.60. The first kappa shape index (κ1) is 21.6. The third kappa shape index (κ3) is 4.50. The van der Waals surface area contributed by atoms with Gasteiger partial charge >= 0.3 is 12.1 Å². The number of halogens is 3. The van der Waals surface area contributed by atoms with E-state index < -0.39 is 17.8 Å². The number of thiazole rings is 1. The van der Waals surface area contributed by atoms with Crippen LogP contribution in [0.4, 0.5) is 13.2 Å². The Bertz CT molecular complexity index is 1250. The van der Waals surface area contributed by atoms with Crippen LogP contribution in [0.1, 0.15) is 12.6 Å². The lowest BCUT2D eigenvalue weighted by Gasteiger charge is -2.05. The number of hydrogen-bond acceptors (Lipinski definition) is 6. The number of alkyl halides is 3. The van der Waals surface area contributed by atoms with Gasteiger partial charge in [0, 0.05) is 18.7 Å². The molecule has 2 heterocycles. The second kappa shape index (κ2) is 8.46. The Hall–Kier alpha value is -3.66. The van der Waals surface area contributed by atoms with Crippen molar-refractivity contribution in [1.82, 2.24) is 14.8 Å². The summed E-state index contributed by atoms with van der Waals surface area (Å²) in [5, 5.41) is 4.06. The summed E-state index contributed by atoms with van der Waals surface area (Å²) in [5.74, 6) is 0.558. The van der Waals surface area contributed by atoms with E-state index in [4.69, 9.17) is 9.47 Å². The zero-order valence-electron chi connectivity index (χ0n) is 16.9. The molecule has 4 rings (SSSR count). The van der Waals surface area contributed by atoms with Gasteiger partial charge in [-0.25, -0.2) is 9.67 Å². The number of aromatic nitrogens is 3. The number of carbonyl (C=O) groups excluding carboxylic acids is 1. The molecule has 0 fully saturated rings. The van der Waals surface area contributed by atoms with E-state index in [9.17, 15) is 18.0 Å². The third-order valence-electron chi connectivity index (χ3n) is 4.46. The molecule has 164 valence electrons. The fourth-order valence-corrected chi connectivity index (χ4v) is 3.87. The lowest BCUT2D eigenvalue weighted by atomic mass is 10.1. The van der Waals surface area contributed by atoms with Crippen LogP contribution in [0, 0.1) is 0 Å². The zero-order valence-corrected chi connectivity index (χ0v) is 17.7. The highest BCUT2D eigenvalue weighted by Crippen LogP contribution is 2.36. The number of rotatable bonds is 5. The molecule has 0 spiro atoms. The van der Waals surface area contributed by atoms with Crippen molar-refractivity contribution in [3.63, 3.8) is 0 Å². The van der Waals surface area contributed by atoms with Crippen LogP contribution in [0.3, 0.4) is 0 Å². The first-order valence-corrected chi connectivity index (χ1v) is 10.1. The Balaban J connectivity index is 1.72. The molecule has 0 aliphatic carbocycles. The number of methoxy groups -OCH3 is 1. The van der Waals surface area contributed by atoms with E-state index in [0.29, 0.717) is 17.1 Å². The molecule has 6 nitrogen and oxygen atoms in total. The van der Waals surface area contributed by atoms with Gasteiger partial charge in [0.05, 0.1) is 17.7 Å². The van der Waals surface area contributed by atoms with Gasteiger partial charge in [0.1, 0.15) is 11.5 Å². The summed E-state index contributed by atoms with van der Waals surface area (Å²) in [6.45, 7) is 1.31. The Morgan fingerprint density at radius 1 is 1.00 bits per heavy atom. The number of esters is 1. The predicted molar refractivity (Wildman–Crippen MR) is 113 cm³/mol. The molecule has 0 aliphatic heterocycles. The fraction of sp³-hybridized carbons (Fsp3) is 0.136. The normalized spacial score (nSPS) is 11.4. The zero-order chi connectivity index (χ0) is 22.9. The Morgan fingerprint density at radius 2 is 1.62 bits per heavy atom. The number of carbonyl (C=O) groups is 1. The Labute approximate surface area is 184 Å². The topological polar surface area (TPSA) is 66.2 Å². The summed E-state index contributed by atoms with van der Waals surface area (Å²) in [6.07, 6.45) is -3.04. The fourth-order valence-electron chi connectivity index (χ4n) is 2.98. The number of ether oxygens (including phenoxy) is 2. The number of benzene rings is 2. The van der Waals surface area contributed by atoms with Gasteiger partial charge in [-0.1, -0.05) is 11.3 Å². The summed E-state index contributed by atoms with van der Waals surface area (Å²) in [5.41, 5.74) is 0.562. The second-order valence-electron chi connectivity index (χ2n) is 6.68. The summed E-state index contributed by atoms with van der Waals surface area (Å²) >= 11 is 1.19. The average molecular weight is 459 g/mol. The van der Waals surface area contributed by atoms with E-state index in [1.807, 2.05) is 0 Å². The van der Waals surface area contributed by atoms with Crippen molar-refractivity contribution in [2.45, 2.75) is 13.1 Å². The summed E-state index contributed by atoms with van der Waals surface area (Å²) in [7, 11) is 1.51. The highest BCUT2D eigenvalue weighted by molar-refractivity contribution is 7.17. The molecule has 0 atom stereocenters.